The van der Waals surface area contributed by atoms with Crippen molar-refractivity contribution in [1.29, 1.82) is 0 Å². The highest BCUT2D eigenvalue weighted by molar-refractivity contribution is 7.90. The van der Waals surface area contributed by atoms with Crippen LogP contribution in [-0.2, 0) is 16.9 Å². The molecule has 0 fully saturated rings. The number of rotatable bonds is 4. The zero-order valence-electron chi connectivity index (χ0n) is 12.2. The summed E-state index contributed by atoms with van der Waals surface area (Å²) in [5.41, 5.74) is 6.95. The first kappa shape index (κ1) is 15.2. The zero-order valence-corrected chi connectivity index (χ0v) is 13.1. The fourth-order valence-corrected chi connectivity index (χ4v) is 2.80. The first-order valence-corrected chi connectivity index (χ1v) is 7.93. The molecule has 114 valence electrons. The Bertz CT molecular complexity index is 761. The van der Waals surface area contributed by atoms with Crippen LogP contribution in [-0.4, -0.2) is 38.7 Å². The second kappa shape index (κ2) is 5.28. The van der Waals surface area contributed by atoms with Gasteiger partial charge in [0.15, 0.2) is 9.84 Å². The van der Waals surface area contributed by atoms with E-state index in [9.17, 15) is 8.42 Å². The first-order valence-electron chi connectivity index (χ1n) is 6.04. The molecule has 0 atom stereocenters. The van der Waals surface area contributed by atoms with Gasteiger partial charge in [-0.2, -0.15) is 5.10 Å². The van der Waals surface area contributed by atoms with Crippen LogP contribution in [0.1, 0.15) is 0 Å². The molecular formula is C13H17N3O4S. The summed E-state index contributed by atoms with van der Waals surface area (Å²) in [6, 6.07) is 4.68. The fraction of sp³-hybridized carbons (Fsp3) is 0.308. The normalized spacial score (nSPS) is 11.4. The molecule has 0 spiro atoms. The third-order valence-corrected chi connectivity index (χ3v) is 4.20. The minimum atomic E-state index is -3.44. The van der Waals surface area contributed by atoms with E-state index in [-0.39, 0.29) is 10.6 Å². The molecule has 21 heavy (non-hydrogen) atoms. The highest BCUT2D eigenvalue weighted by atomic mass is 32.2. The van der Waals surface area contributed by atoms with Crippen molar-refractivity contribution in [3.05, 3.63) is 18.2 Å². The maximum Gasteiger partial charge on any atom is 0.179 e. The molecule has 8 heteroatoms. The molecule has 0 amide bonds. The van der Waals surface area contributed by atoms with Gasteiger partial charge in [-0.25, -0.2) is 8.42 Å². The standard InChI is InChI=1S/C13H17N3O4S/c1-16-13(14)6-9(15-16)8-5-11(20-3)12(21(4,17)18)7-10(8)19-2/h5-7H,14H2,1-4H3. The van der Waals surface area contributed by atoms with Gasteiger partial charge in [0.2, 0.25) is 0 Å². The number of anilines is 1. The number of nitrogens with two attached hydrogens (primary N) is 1. The average Bonchev–Trinajstić information content (AvgIpc) is 2.76. The maximum absolute atomic E-state index is 11.8. The Morgan fingerprint density at radius 1 is 1.14 bits per heavy atom. The lowest BCUT2D eigenvalue weighted by atomic mass is 10.1. The van der Waals surface area contributed by atoms with Gasteiger partial charge in [0.1, 0.15) is 22.2 Å². The number of aryl methyl sites for hydroxylation is 1. The highest BCUT2D eigenvalue weighted by Crippen LogP contribution is 2.37. The second-order valence-electron chi connectivity index (χ2n) is 4.55. The van der Waals surface area contributed by atoms with Crippen molar-refractivity contribution in [2.75, 3.05) is 26.2 Å². The van der Waals surface area contributed by atoms with Gasteiger partial charge in [-0.15, -0.1) is 0 Å². The number of aromatic nitrogens is 2. The predicted molar refractivity (Wildman–Crippen MR) is 79.3 cm³/mol. The second-order valence-corrected chi connectivity index (χ2v) is 6.54. The molecule has 0 saturated heterocycles. The Balaban J connectivity index is 2.73. The van der Waals surface area contributed by atoms with Crippen LogP contribution < -0.4 is 15.2 Å². The minimum Gasteiger partial charge on any atom is -0.496 e. The van der Waals surface area contributed by atoms with E-state index in [0.29, 0.717) is 22.8 Å². The number of benzene rings is 1. The smallest absolute Gasteiger partial charge is 0.179 e. The van der Waals surface area contributed by atoms with Crippen LogP contribution in [0.4, 0.5) is 5.82 Å². The summed E-state index contributed by atoms with van der Waals surface area (Å²) in [5.74, 6) is 1.10. The van der Waals surface area contributed by atoms with Gasteiger partial charge in [0.25, 0.3) is 0 Å². The SMILES string of the molecule is COc1cc(S(C)(=O)=O)c(OC)cc1-c1cc(N)n(C)n1. The Labute approximate surface area is 123 Å². The third kappa shape index (κ3) is 2.80. The van der Waals surface area contributed by atoms with Crippen molar-refractivity contribution in [3.63, 3.8) is 0 Å². The number of hydrogen-bond acceptors (Lipinski definition) is 6. The molecule has 0 aliphatic rings. The number of methoxy groups -OCH3 is 2. The van der Waals surface area contributed by atoms with Crippen molar-refractivity contribution >= 4 is 15.7 Å². The molecule has 0 bridgehead atoms. The molecule has 0 aliphatic heterocycles. The Hall–Kier alpha value is -2.22. The zero-order chi connectivity index (χ0) is 15.8. The molecule has 1 aromatic carbocycles. The van der Waals surface area contributed by atoms with Gasteiger partial charge in [-0.1, -0.05) is 0 Å². The summed E-state index contributed by atoms with van der Waals surface area (Å²) in [6.45, 7) is 0. The molecular weight excluding hydrogens is 294 g/mol. The average molecular weight is 311 g/mol. The Kier molecular flexibility index (Phi) is 3.82. The maximum atomic E-state index is 11.8. The summed E-state index contributed by atoms with van der Waals surface area (Å²) in [4.78, 5) is 0.0644. The molecule has 2 aromatic rings. The molecule has 0 saturated carbocycles. The summed E-state index contributed by atoms with van der Waals surface area (Å²) in [7, 11) is 1.15. The largest absolute Gasteiger partial charge is 0.496 e. The van der Waals surface area contributed by atoms with E-state index in [1.54, 1.807) is 19.2 Å². The van der Waals surface area contributed by atoms with Gasteiger partial charge in [0.05, 0.1) is 19.9 Å². The van der Waals surface area contributed by atoms with Crippen LogP contribution in [0.2, 0.25) is 0 Å². The molecule has 7 nitrogen and oxygen atoms in total. The van der Waals surface area contributed by atoms with E-state index >= 15 is 0 Å². The quantitative estimate of drug-likeness (QED) is 0.908. The first-order chi connectivity index (χ1) is 9.77. The summed E-state index contributed by atoms with van der Waals surface area (Å²) in [6.07, 6.45) is 1.11. The van der Waals surface area contributed by atoms with Crippen LogP contribution in [0, 0.1) is 0 Å². The Morgan fingerprint density at radius 2 is 1.76 bits per heavy atom. The molecule has 0 radical (unpaired) electrons. The van der Waals surface area contributed by atoms with E-state index in [1.807, 2.05) is 0 Å². The van der Waals surface area contributed by atoms with Crippen LogP contribution >= 0.6 is 0 Å². The van der Waals surface area contributed by atoms with Crippen molar-refractivity contribution < 1.29 is 17.9 Å². The van der Waals surface area contributed by atoms with Gasteiger partial charge in [-0.3, -0.25) is 4.68 Å². The van der Waals surface area contributed by atoms with E-state index in [2.05, 4.69) is 5.10 Å². The number of sulfone groups is 1. The number of ether oxygens (including phenoxy) is 2. The van der Waals surface area contributed by atoms with E-state index in [0.717, 1.165) is 6.26 Å². The third-order valence-electron chi connectivity index (χ3n) is 3.08. The predicted octanol–water partition coefficient (Wildman–Crippen LogP) is 1.09. The van der Waals surface area contributed by atoms with Crippen LogP contribution in [0.3, 0.4) is 0 Å². The number of nitrogen functional groups attached to an aromatic ring is 1. The molecule has 2 rings (SSSR count). The highest BCUT2D eigenvalue weighted by Gasteiger charge is 2.20. The lowest BCUT2D eigenvalue weighted by Crippen LogP contribution is -2.03. The van der Waals surface area contributed by atoms with Crippen molar-refractivity contribution in [2.24, 2.45) is 7.05 Å². The molecule has 1 heterocycles. The topological polar surface area (TPSA) is 96.4 Å². The Morgan fingerprint density at radius 3 is 2.19 bits per heavy atom. The molecule has 0 aliphatic carbocycles. The van der Waals surface area contributed by atoms with E-state index in [1.165, 1.54) is 25.0 Å². The monoisotopic (exact) mass is 311 g/mol. The van der Waals surface area contributed by atoms with Crippen LogP contribution in [0.15, 0.2) is 23.1 Å². The van der Waals surface area contributed by atoms with Gasteiger partial charge >= 0.3 is 0 Å². The summed E-state index contributed by atoms with van der Waals surface area (Å²) < 4.78 is 35.6. The van der Waals surface area contributed by atoms with Crippen molar-refractivity contribution in [2.45, 2.75) is 4.90 Å². The van der Waals surface area contributed by atoms with E-state index in [4.69, 9.17) is 15.2 Å². The lowest BCUT2D eigenvalue weighted by Gasteiger charge is -2.12. The van der Waals surface area contributed by atoms with Crippen molar-refractivity contribution in [1.82, 2.24) is 9.78 Å². The van der Waals surface area contributed by atoms with Gasteiger partial charge < -0.3 is 15.2 Å². The lowest BCUT2D eigenvalue weighted by molar-refractivity contribution is 0.393. The molecule has 2 N–H and O–H groups in total. The molecule has 1 aromatic heterocycles. The molecule has 0 unspecified atom stereocenters. The fourth-order valence-electron chi connectivity index (χ4n) is 1.97. The van der Waals surface area contributed by atoms with Crippen LogP contribution in [0.5, 0.6) is 11.5 Å². The summed E-state index contributed by atoms with van der Waals surface area (Å²) >= 11 is 0. The minimum absolute atomic E-state index is 0.0644. The van der Waals surface area contributed by atoms with E-state index < -0.39 is 9.84 Å². The van der Waals surface area contributed by atoms with Crippen molar-refractivity contribution in [3.8, 4) is 22.8 Å². The number of hydrogen-bond donors (Lipinski definition) is 1. The van der Waals surface area contributed by atoms with Crippen LogP contribution in [0.25, 0.3) is 11.3 Å². The van der Waals surface area contributed by atoms with Gasteiger partial charge in [0, 0.05) is 31.0 Å². The summed E-state index contributed by atoms with van der Waals surface area (Å²) in [5, 5.41) is 4.26. The number of nitrogens with zero attached hydrogens (tertiary/aromatic N) is 2. The van der Waals surface area contributed by atoms with Gasteiger partial charge in [-0.05, 0) is 6.07 Å².